The van der Waals surface area contributed by atoms with Crippen molar-refractivity contribution in [2.75, 3.05) is 5.32 Å². The van der Waals surface area contributed by atoms with E-state index in [9.17, 15) is 0 Å². The van der Waals surface area contributed by atoms with Crippen molar-refractivity contribution in [1.82, 2.24) is 0 Å². The third-order valence-electron chi connectivity index (χ3n) is 6.19. The Hall–Kier alpha value is -2.91. The highest BCUT2D eigenvalue weighted by Crippen LogP contribution is 2.45. The van der Waals surface area contributed by atoms with E-state index in [2.05, 4.69) is 98.0 Å². The van der Waals surface area contributed by atoms with Crippen LogP contribution in [0.2, 0.25) is 0 Å². The molecule has 31 heavy (non-hydrogen) atoms. The molecule has 156 valence electrons. The second kappa shape index (κ2) is 8.68. The van der Waals surface area contributed by atoms with E-state index in [0.29, 0.717) is 18.4 Å². The lowest BCUT2D eigenvalue weighted by Gasteiger charge is -2.28. The molecule has 1 heterocycles. The number of ether oxygens (including phenoxy) is 1. The van der Waals surface area contributed by atoms with Gasteiger partial charge < -0.3 is 10.1 Å². The minimum absolute atomic E-state index is 0.371. The SMILES string of the molecule is CC1CC(OCc2ccccc2)=CC=C1C(C)c1ccc2c(c1)Nc1ccccc1S2. The van der Waals surface area contributed by atoms with Gasteiger partial charge >= 0.3 is 0 Å². The average Bonchev–Trinajstić information content (AvgIpc) is 2.81. The highest BCUT2D eigenvalue weighted by molar-refractivity contribution is 7.99. The van der Waals surface area contributed by atoms with E-state index in [4.69, 9.17) is 4.74 Å². The number of benzene rings is 3. The topological polar surface area (TPSA) is 21.3 Å². The molecule has 2 aliphatic rings. The van der Waals surface area contributed by atoms with Crippen molar-refractivity contribution in [3.8, 4) is 0 Å². The van der Waals surface area contributed by atoms with E-state index in [1.54, 1.807) is 0 Å². The Balaban J connectivity index is 1.31. The molecule has 3 aromatic carbocycles. The molecule has 1 N–H and O–H groups in total. The number of para-hydroxylation sites is 1. The van der Waals surface area contributed by atoms with Crippen LogP contribution in [0.1, 0.15) is 37.3 Å². The van der Waals surface area contributed by atoms with Crippen LogP contribution in [0.25, 0.3) is 0 Å². The lowest BCUT2D eigenvalue weighted by molar-refractivity contribution is 0.181. The molecule has 0 radical (unpaired) electrons. The molecule has 2 unspecified atom stereocenters. The quantitative estimate of drug-likeness (QED) is 0.349. The maximum absolute atomic E-state index is 6.08. The first kappa shape index (κ1) is 20.0. The van der Waals surface area contributed by atoms with E-state index >= 15 is 0 Å². The van der Waals surface area contributed by atoms with Gasteiger partial charge in [-0.1, -0.05) is 85.8 Å². The molecule has 2 nitrogen and oxygen atoms in total. The van der Waals surface area contributed by atoms with Gasteiger partial charge in [-0.25, -0.2) is 0 Å². The van der Waals surface area contributed by atoms with E-state index < -0.39 is 0 Å². The van der Waals surface area contributed by atoms with Crippen LogP contribution in [0, 0.1) is 5.92 Å². The van der Waals surface area contributed by atoms with Crippen molar-refractivity contribution in [2.24, 2.45) is 5.92 Å². The molecule has 1 aliphatic heterocycles. The van der Waals surface area contributed by atoms with E-state index in [1.165, 1.54) is 37.9 Å². The lowest BCUT2D eigenvalue weighted by Crippen LogP contribution is -2.13. The van der Waals surface area contributed by atoms with Gasteiger partial charge in [0.05, 0.1) is 17.1 Å². The van der Waals surface area contributed by atoms with Crippen molar-refractivity contribution in [3.05, 3.63) is 107 Å². The summed E-state index contributed by atoms with van der Waals surface area (Å²) in [5.74, 6) is 1.91. The fraction of sp³-hybridized carbons (Fsp3) is 0.214. The molecule has 0 bridgehead atoms. The second-order valence-corrected chi connectivity index (χ2v) is 9.46. The van der Waals surface area contributed by atoms with E-state index in [-0.39, 0.29) is 0 Å². The molecule has 0 saturated heterocycles. The van der Waals surface area contributed by atoms with Crippen molar-refractivity contribution < 1.29 is 4.74 Å². The summed E-state index contributed by atoms with van der Waals surface area (Å²) in [7, 11) is 0. The fourth-order valence-electron chi connectivity index (χ4n) is 4.39. The van der Waals surface area contributed by atoms with Crippen LogP contribution in [-0.2, 0) is 11.3 Å². The second-order valence-electron chi connectivity index (χ2n) is 8.38. The van der Waals surface area contributed by atoms with Gasteiger partial charge in [-0.3, -0.25) is 0 Å². The van der Waals surface area contributed by atoms with Crippen LogP contribution < -0.4 is 5.32 Å². The van der Waals surface area contributed by atoms with Gasteiger partial charge in [0.2, 0.25) is 0 Å². The van der Waals surface area contributed by atoms with Crippen LogP contribution in [-0.4, -0.2) is 0 Å². The van der Waals surface area contributed by atoms with E-state index in [0.717, 1.165) is 12.2 Å². The summed E-state index contributed by atoms with van der Waals surface area (Å²) in [5, 5.41) is 3.62. The lowest BCUT2D eigenvalue weighted by atomic mass is 9.81. The van der Waals surface area contributed by atoms with Crippen molar-refractivity contribution >= 4 is 23.1 Å². The summed E-state index contributed by atoms with van der Waals surface area (Å²) in [5.41, 5.74) is 6.43. The van der Waals surface area contributed by atoms with Gasteiger partial charge in [0.15, 0.2) is 0 Å². The van der Waals surface area contributed by atoms with Crippen molar-refractivity contribution in [3.63, 3.8) is 0 Å². The molecule has 0 amide bonds. The third kappa shape index (κ3) is 4.28. The number of hydrogen-bond acceptors (Lipinski definition) is 3. The molecule has 3 heteroatoms. The Bertz CT molecular complexity index is 1150. The first-order chi connectivity index (χ1) is 15.2. The Morgan fingerprint density at radius 2 is 1.71 bits per heavy atom. The summed E-state index contributed by atoms with van der Waals surface area (Å²) in [6.45, 7) is 5.26. The number of allylic oxidation sites excluding steroid dienone is 4. The fourth-order valence-corrected chi connectivity index (χ4v) is 5.36. The number of anilines is 2. The summed E-state index contributed by atoms with van der Waals surface area (Å²) >= 11 is 1.84. The maximum atomic E-state index is 6.08. The zero-order valence-corrected chi connectivity index (χ0v) is 18.8. The summed E-state index contributed by atoms with van der Waals surface area (Å²) in [6.07, 6.45) is 5.39. The monoisotopic (exact) mass is 425 g/mol. The van der Waals surface area contributed by atoms with Gasteiger partial charge in [-0.05, 0) is 47.4 Å². The van der Waals surface area contributed by atoms with E-state index in [1.807, 2.05) is 17.8 Å². The highest BCUT2D eigenvalue weighted by atomic mass is 32.2. The van der Waals surface area contributed by atoms with Crippen molar-refractivity contribution in [1.29, 1.82) is 0 Å². The number of hydrogen-bond donors (Lipinski definition) is 1. The molecule has 2 atom stereocenters. The Morgan fingerprint density at radius 1 is 0.935 bits per heavy atom. The summed E-state index contributed by atoms with van der Waals surface area (Å²) < 4.78 is 6.08. The normalized spacial score (nSPS) is 18.1. The Kier molecular flexibility index (Phi) is 5.61. The van der Waals surface area contributed by atoms with Gasteiger partial charge in [0.25, 0.3) is 0 Å². The van der Waals surface area contributed by atoms with Crippen LogP contribution in [0.5, 0.6) is 0 Å². The molecule has 0 aromatic heterocycles. The molecule has 0 fully saturated rings. The van der Waals surface area contributed by atoms with Crippen molar-refractivity contribution in [2.45, 2.75) is 42.6 Å². The smallest absolute Gasteiger partial charge is 0.113 e. The Morgan fingerprint density at radius 3 is 2.55 bits per heavy atom. The molecular formula is C28H27NOS. The zero-order valence-electron chi connectivity index (χ0n) is 18.0. The highest BCUT2D eigenvalue weighted by Gasteiger charge is 2.23. The zero-order chi connectivity index (χ0) is 21.2. The van der Waals surface area contributed by atoms with Crippen LogP contribution in [0.15, 0.2) is 106 Å². The first-order valence-electron chi connectivity index (χ1n) is 10.9. The molecular weight excluding hydrogens is 398 g/mol. The van der Waals surface area contributed by atoms with Gasteiger partial charge in [0, 0.05) is 22.1 Å². The van der Waals surface area contributed by atoms with Gasteiger partial charge in [-0.15, -0.1) is 0 Å². The Labute approximate surface area is 189 Å². The van der Waals surface area contributed by atoms with Gasteiger partial charge in [-0.2, -0.15) is 0 Å². The third-order valence-corrected chi connectivity index (χ3v) is 7.34. The number of fused-ring (bicyclic) bond motifs is 2. The maximum Gasteiger partial charge on any atom is 0.113 e. The summed E-state index contributed by atoms with van der Waals surface area (Å²) in [6, 6.07) is 25.7. The number of nitrogens with one attached hydrogen (secondary N) is 1. The van der Waals surface area contributed by atoms with Crippen LogP contribution in [0.3, 0.4) is 0 Å². The average molecular weight is 426 g/mol. The van der Waals surface area contributed by atoms with Crippen LogP contribution in [0.4, 0.5) is 11.4 Å². The molecule has 0 saturated carbocycles. The molecule has 3 aromatic rings. The standard InChI is InChI=1S/C28H27NOS/c1-19-16-23(30-18-21-8-4-3-5-9-21)13-14-24(19)20(2)22-12-15-28-26(17-22)29-25-10-6-7-11-27(25)31-28/h3-15,17,19-20,29H,16,18H2,1-2H3. The predicted octanol–water partition coefficient (Wildman–Crippen LogP) is 8.07. The minimum Gasteiger partial charge on any atom is -0.493 e. The van der Waals surface area contributed by atoms with Gasteiger partial charge in [0.1, 0.15) is 6.61 Å². The first-order valence-corrected chi connectivity index (χ1v) is 11.7. The number of rotatable bonds is 5. The molecule has 1 aliphatic carbocycles. The predicted molar refractivity (Wildman–Crippen MR) is 130 cm³/mol. The van der Waals surface area contributed by atoms with Crippen LogP contribution >= 0.6 is 11.8 Å². The molecule has 0 spiro atoms. The summed E-state index contributed by atoms with van der Waals surface area (Å²) in [4.78, 5) is 2.57. The minimum atomic E-state index is 0.371. The largest absolute Gasteiger partial charge is 0.493 e. The molecule has 5 rings (SSSR count).